The second kappa shape index (κ2) is 8.28. The normalized spacial score (nSPS) is 17.3. The van der Waals surface area contributed by atoms with Crippen molar-refractivity contribution in [2.24, 2.45) is 0 Å². The largest absolute Gasteiger partial charge is 0.336 e. The van der Waals surface area contributed by atoms with E-state index in [9.17, 15) is 9.59 Å². The summed E-state index contributed by atoms with van der Waals surface area (Å²) < 4.78 is 2.66. The number of fused-ring (bicyclic) bond motifs is 2. The Kier molecular flexibility index (Phi) is 5.35. The van der Waals surface area contributed by atoms with E-state index in [-0.39, 0.29) is 11.5 Å². The molecule has 1 aromatic carbocycles. The molecule has 0 saturated carbocycles. The maximum absolute atomic E-state index is 12.9. The Balaban J connectivity index is 1.17. The SMILES string of the molecule is O=C(c1ccc2ncsc2c1)N1CCN(CCn2nc3c(cc2=O)CCCC3)CC1. The summed E-state index contributed by atoms with van der Waals surface area (Å²) in [5.74, 6) is 0.0810. The van der Waals surface area contributed by atoms with Crippen molar-refractivity contribution in [3.05, 3.63) is 57.0 Å². The van der Waals surface area contributed by atoms with Crippen molar-refractivity contribution in [2.75, 3.05) is 32.7 Å². The van der Waals surface area contributed by atoms with E-state index in [0.717, 1.165) is 72.4 Å². The summed E-state index contributed by atoms with van der Waals surface area (Å²) in [5.41, 5.74) is 5.70. The smallest absolute Gasteiger partial charge is 0.267 e. The second-order valence-electron chi connectivity index (χ2n) is 8.05. The number of amides is 1. The van der Waals surface area contributed by atoms with E-state index in [2.05, 4.69) is 15.0 Å². The van der Waals surface area contributed by atoms with Crippen molar-refractivity contribution in [3.63, 3.8) is 0 Å². The lowest BCUT2D eigenvalue weighted by molar-refractivity contribution is 0.0631. The Bertz CT molecular complexity index is 1130. The summed E-state index contributed by atoms with van der Waals surface area (Å²) in [7, 11) is 0. The van der Waals surface area contributed by atoms with Gasteiger partial charge >= 0.3 is 0 Å². The number of aryl methyl sites for hydroxylation is 2. The van der Waals surface area contributed by atoms with Crippen LogP contribution < -0.4 is 5.56 Å². The molecule has 2 aromatic heterocycles. The summed E-state index contributed by atoms with van der Waals surface area (Å²) in [4.78, 5) is 33.7. The molecule has 2 aliphatic rings. The number of carbonyl (C=O) groups excluding carboxylic acids is 1. The van der Waals surface area contributed by atoms with Crippen LogP contribution in [0.2, 0.25) is 0 Å². The predicted molar refractivity (Wildman–Crippen MR) is 117 cm³/mol. The van der Waals surface area contributed by atoms with Gasteiger partial charge in [-0.3, -0.25) is 14.5 Å². The molecule has 0 spiro atoms. The Labute approximate surface area is 178 Å². The molecule has 156 valence electrons. The van der Waals surface area contributed by atoms with Gasteiger partial charge in [0.15, 0.2) is 0 Å². The van der Waals surface area contributed by atoms with Gasteiger partial charge in [-0.15, -0.1) is 11.3 Å². The van der Waals surface area contributed by atoms with E-state index < -0.39 is 0 Å². The van der Waals surface area contributed by atoms with Crippen molar-refractivity contribution in [1.82, 2.24) is 24.6 Å². The highest BCUT2D eigenvalue weighted by Gasteiger charge is 2.22. The maximum atomic E-state index is 12.9. The Morgan fingerprint density at radius 2 is 1.87 bits per heavy atom. The van der Waals surface area contributed by atoms with Gasteiger partial charge in [-0.25, -0.2) is 9.67 Å². The minimum Gasteiger partial charge on any atom is -0.336 e. The summed E-state index contributed by atoms with van der Waals surface area (Å²) in [6.07, 6.45) is 4.26. The maximum Gasteiger partial charge on any atom is 0.267 e. The third kappa shape index (κ3) is 3.89. The van der Waals surface area contributed by atoms with Gasteiger partial charge in [-0.1, -0.05) is 0 Å². The van der Waals surface area contributed by atoms with Crippen LogP contribution in [-0.2, 0) is 19.4 Å². The molecule has 1 aliphatic heterocycles. The fourth-order valence-electron chi connectivity index (χ4n) is 4.34. The van der Waals surface area contributed by atoms with Crippen molar-refractivity contribution in [3.8, 4) is 0 Å². The molecule has 0 radical (unpaired) electrons. The van der Waals surface area contributed by atoms with Gasteiger partial charge in [-0.2, -0.15) is 5.10 Å². The minimum atomic E-state index is 0.00271. The highest BCUT2D eigenvalue weighted by atomic mass is 32.1. The number of aromatic nitrogens is 3. The molecule has 5 rings (SSSR count). The van der Waals surface area contributed by atoms with Crippen molar-refractivity contribution in [1.29, 1.82) is 0 Å². The van der Waals surface area contributed by atoms with Crippen molar-refractivity contribution < 1.29 is 4.79 Å². The van der Waals surface area contributed by atoms with Crippen LogP contribution in [0.15, 0.2) is 34.6 Å². The molecule has 1 aliphatic carbocycles. The van der Waals surface area contributed by atoms with Crippen LogP contribution >= 0.6 is 11.3 Å². The monoisotopic (exact) mass is 423 g/mol. The summed E-state index contributed by atoms with van der Waals surface area (Å²) in [5, 5.41) is 4.61. The van der Waals surface area contributed by atoms with Gasteiger partial charge in [0.25, 0.3) is 11.5 Å². The third-order valence-corrected chi connectivity index (χ3v) is 6.93. The minimum absolute atomic E-state index is 0.00271. The molecule has 7 nitrogen and oxygen atoms in total. The Morgan fingerprint density at radius 3 is 2.73 bits per heavy atom. The molecule has 8 heteroatoms. The first kappa shape index (κ1) is 19.4. The first-order valence-electron chi connectivity index (χ1n) is 10.6. The van der Waals surface area contributed by atoms with E-state index in [1.54, 1.807) is 27.6 Å². The average Bonchev–Trinajstić information content (AvgIpc) is 3.25. The highest BCUT2D eigenvalue weighted by Crippen LogP contribution is 2.20. The number of rotatable bonds is 4. The van der Waals surface area contributed by atoms with E-state index in [4.69, 9.17) is 0 Å². The molecule has 0 bridgehead atoms. The van der Waals surface area contributed by atoms with Crippen molar-refractivity contribution in [2.45, 2.75) is 32.2 Å². The molecule has 0 atom stereocenters. The third-order valence-electron chi connectivity index (χ3n) is 6.14. The van der Waals surface area contributed by atoms with Crippen LogP contribution in [0.25, 0.3) is 10.2 Å². The van der Waals surface area contributed by atoms with Gasteiger partial charge in [0.1, 0.15) is 0 Å². The first-order chi connectivity index (χ1) is 14.7. The molecule has 3 heterocycles. The zero-order valence-electron chi connectivity index (χ0n) is 16.9. The second-order valence-corrected chi connectivity index (χ2v) is 8.94. The lowest BCUT2D eigenvalue weighted by atomic mass is 9.97. The quantitative estimate of drug-likeness (QED) is 0.643. The molecular weight excluding hydrogens is 398 g/mol. The lowest BCUT2D eigenvalue weighted by Gasteiger charge is -2.34. The van der Waals surface area contributed by atoms with E-state index in [1.807, 2.05) is 23.1 Å². The van der Waals surface area contributed by atoms with E-state index in [0.29, 0.717) is 19.6 Å². The van der Waals surface area contributed by atoms with Gasteiger partial charge in [0.2, 0.25) is 0 Å². The number of thiazole rings is 1. The lowest BCUT2D eigenvalue weighted by Crippen LogP contribution is -2.49. The summed E-state index contributed by atoms with van der Waals surface area (Å²) in [6.45, 7) is 4.41. The van der Waals surface area contributed by atoms with Crippen LogP contribution in [0.4, 0.5) is 0 Å². The molecule has 1 saturated heterocycles. The number of carbonyl (C=O) groups is 1. The number of hydrogen-bond donors (Lipinski definition) is 0. The zero-order valence-corrected chi connectivity index (χ0v) is 17.7. The Hall–Kier alpha value is -2.58. The fraction of sp³-hybridized carbons (Fsp3) is 0.455. The molecule has 1 fully saturated rings. The van der Waals surface area contributed by atoms with Crippen LogP contribution in [0, 0.1) is 0 Å². The fourth-order valence-corrected chi connectivity index (χ4v) is 5.06. The van der Waals surface area contributed by atoms with E-state index >= 15 is 0 Å². The van der Waals surface area contributed by atoms with Crippen LogP contribution in [0.3, 0.4) is 0 Å². The van der Waals surface area contributed by atoms with E-state index in [1.165, 1.54) is 0 Å². The zero-order chi connectivity index (χ0) is 20.5. The van der Waals surface area contributed by atoms with Crippen LogP contribution in [0.1, 0.15) is 34.5 Å². The van der Waals surface area contributed by atoms with Crippen molar-refractivity contribution >= 4 is 27.5 Å². The molecule has 3 aromatic rings. The van der Waals surface area contributed by atoms with Gasteiger partial charge < -0.3 is 4.90 Å². The summed E-state index contributed by atoms with van der Waals surface area (Å²) >= 11 is 1.56. The topological polar surface area (TPSA) is 71.3 Å². The molecule has 30 heavy (non-hydrogen) atoms. The number of benzene rings is 1. The van der Waals surface area contributed by atoms with Gasteiger partial charge in [0.05, 0.1) is 28.0 Å². The number of hydrogen-bond acceptors (Lipinski definition) is 6. The number of piperazine rings is 1. The molecule has 0 N–H and O–H groups in total. The van der Waals surface area contributed by atoms with Gasteiger partial charge in [0, 0.05) is 44.4 Å². The predicted octanol–water partition coefficient (Wildman–Crippen LogP) is 2.19. The molecule has 0 unspecified atom stereocenters. The highest BCUT2D eigenvalue weighted by molar-refractivity contribution is 7.16. The number of nitrogens with zero attached hydrogens (tertiary/aromatic N) is 5. The van der Waals surface area contributed by atoms with Crippen LogP contribution in [0.5, 0.6) is 0 Å². The molecular formula is C22H25N5O2S. The van der Waals surface area contributed by atoms with Crippen LogP contribution in [-0.4, -0.2) is 63.2 Å². The van der Waals surface area contributed by atoms with Gasteiger partial charge in [-0.05, 0) is 49.4 Å². The average molecular weight is 424 g/mol. The first-order valence-corrected chi connectivity index (χ1v) is 11.5. The standard InChI is InChI=1S/C22H25N5O2S/c28-21-14-16-3-1-2-4-18(16)24-27(21)12-9-25-7-10-26(11-8-25)22(29)17-5-6-19-20(13-17)30-15-23-19/h5-6,13-15H,1-4,7-12H2. The summed E-state index contributed by atoms with van der Waals surface area (Å²) in [6, 6.07) is 7.50. The Morgan fingerprint density at radius 1 is 1.03 bits per heavy atom. The molecule has 1 amide bonds.